The van der Waals surface area contributed by atoms with Gasteiger partial charge in [0.1, 0.15) is 16.9 Å². The van der Waals surface area contributed by atoms with Gasteiger partial charge in [0.15, 0.2) is 5.16 Å². The van der Waals surface area contributed by atoms with Gasteiger partial charge >= 0.3 is 0 Å². The minimum atomic E-state index is -0.126. The first kappa shape index (κ1) is 19.9. The SMILES string of the molecule is O=C(CC1CSc2nc3c(c(=O)n21)CCC3)N1CCCC(Oc2ccncc2Cl)C1. The van der Waals surface area contributed by atoms with Gasteiger partial charge in [0, 0.05) is 42.7 Å². The average molecular weight is 447 g/mol. The Labute approximate surface area is 183 Å². The van der Waals surface area contributed by atoms with Gasteiger partial charge < -0.3 is 9.64 Å². The van der Waals surface area contributed by atoms with Crippen molar-refractivity contribution in [2.75, 3.05) is 18.8 Å². The molecular formula is C21H23ClN4O3S. The van der Waals surface area contributed by atoms with Crippen LogP contribution in [0.15, 0.2) is 28.4 Å². The van der Waals surface area contributed by atoms with Crippen molar-refractivity contribution in [3.05, 3.63) is 45.1 Å². The summed E-state index contributed by atoms with van der Waals surface area (Å²) in [5.41, 5.74) is 1.86. The minimum Gasteiger partial charge on any atom is -0.487 e. The number of aryl methyl sites for hydroxylation is 1. The number of nitrogens with zero attached hydrogens (tertiary/aromatic N) is 4. The third-order valence-electron chi connectivity index (χ3n) is 6.04. The molecule has 0 saturated carbocycles. The number of halogens is 1. The summed E-state index contributed by atoms with van der Waals surface area (Å²) in [6.07, 6.45) is 7.86. The van der Waals surface area contributed by atoms with Crippen molar-refractivity contribution >= 4 is 29.3 Å². The number of amides is 1. The molecule has 0 spiro atoms. The fourth-order valence-electron chi connectivity index (χ4n) is 4.53. The molecule has 7 nitrogen and oxygen atoms in total. The van der Waals surface area contributed by atoms with Gasteiger partial charge in [-0.3, -0.25) is 19.1 Å². The molecule has 5 rings (SSSR count). The Balaban J connectivity index is 1.27. The summed E-state index contributed by atoms with van der Waals surface area (Å²) in [6.45, 7) is 1.24. The lowest BCUT2D eigenvalue weighted by molar-refractivity contribution is -0.134. The van der Waals surface area contributed by atoms with Crippen LogP contribution < -0.4 is 10.3 Å². The first-order chi connectivity index (χ1) is 14.6. The van der Waals surface area contributed by atoms with Crippen LogP contribution in [0.1, 0.15) is 43.0 Å². The number of pyridine rings is 1. The number of aromatic nitrogens is 3. The Bertz CT molecular complexity index is 1040. The summed E-state index contributed by atoms with van der Waals surface area (Å²) >= 11 is 7.73. The molecule has 30 heavy (non-hydrogen) atoms. The number of likely N-dealkylation sites (tertiary alicyclic amines) is 1. The minimum absolute atomic E-state index is 0.0579. The number of ether oxygens (including phenoxy) is 1. The third kappa shape index (κ3) is 3.71. The Hall–Kier alpha value is -2.06. The second-order valence-corrected chi connectivity index (χ2v) is 9.44. The highest BCUT2D eigenvalue weighted by atomic mass is 35.5. The van der Waals surface area contributed by atoms with E-state index in [1.165, 1.54) is 0 Å². The summed E-state index contributed by atoms with van der Waals surface area (Å²) in [6, 6.07) is 1.62. The molecule has 0 N–H and O–H groups in total. The second kappa shape index (κ2) is 8.23. The summed E-state index contributed by atoms with van der Waals surface area (Å²) < 4.78 is 7.79. The van der Waals surface area contributed by atoms with E-state index in [0.29, 0.717) is 30.3 Å². The molecule has 0 bridgehead atoms. The summed E-state index contributed by atoms with van der Waals surface area (Å²) in [7, 11) is 0. The van der Waals surface area contributed by atoms with Gasteiger partial charge in [-0.25, -0.2) is 4.98 Å². The molecule has 2 aromatic heterocycles. The summed E-state index contributed by atoms with van der Waals surface area (Å²) in [4.78, 5) is 36.5. The van der Waals surface area contributed by atoms with Crippen LogP contribution in [0.5, 0.6) is 5.75 Å². The Morgan fingerprint density at radius 1 is 1.33 bits per heavy atom. The Kier molecular flexibility index (Phi) is 5.45. The quantitative estimate of drug-likeness (QED) is 0.672. The van der Waals surface area contributed by atoms with E-state index < -0.39 is 0 Å². The number of hydrogen-bond donors (Lipinski definition) is 0. The molecule has 1 fully saturated rings. The fourth-order valence-corrected chi connectivity index (χ4v) is 5.85. The van der Waals surface area contributed by atoms with Crippen LogP contribution in [0.25, 0.3) is 0 Å². The van der Waals surface area contributed by atoms with E-state index in [9.17, 15) is 9.59 Å². The first-order valence-electron chi connectivity index (χ1n) is 10.4. The number of piperidine rings is 1. The zero-order valence-electron chi connectivity index (χ0n) is 16.6. The van der Waals surface area contributed by atoms with Gasteiger partial charge in [0.2, 0.25) is 5.91 Å². The van der Waals surface area contributed by atoms with E-state index in [1.54, 1.807) is 34.8 Å². The monoisotopic (exact) mass is 446 g/mol. The van der Waals surface area contributed by atoms with E-state index in [0.717, 1.165) is 54.3 Å². The second-order valence-electron chi connectivity index (χ2n) is 8.05. The van der Waals surface area contributed by atoms with Crippen molar-refractivity contribution in [2.24, 2.45) is 0 Å². The van der Waals surface area contributed by atoms with E-state index in [4.69, 9.17) is 21.3 Å². The summed E-state index contributed by atoms with van der Waals surface area (Å²) in [5.74, 6) is 1.38. The molecule has 1 saturated heterocycles. The van der Waals surface area contributed by atoms with Gasteiger partial charge in [0.25, 0.3) is 5.56 Å². The molecule has 158 valence electrons. The number of hydrogen-bond acceptors (Lipinski definition) is 6. The first-order valence-corrected chi connectivity index (χ1v) is 11.8. The number of rotatable bonds is 4. The molecule has 2 aliphatic heterocycles. The van der Waals surface area contributed by atoms with Crippen LogP contribution >= 0.6 is 23.4 Å². The lowest BCUT2D eigenvalue weighted by Crippen LogP contribution is -2.45. The molecular weight excluding hydrogens is 424 g/mol. The maximum Gasteiger partial charge on any atom is 0.257 e. The molecule has 0 aromatic carbocycles. The van der Waals surface area contributed by atoms with Crippen LogP contribution in [0.2, 0.25) is 5.02 Å². The molecule has 9 heteroatoms. The predicted octanol–water partition coefficient (Wildman–Crippen LogP) is 2.89. The van der Waals surface area contributed by atoms with Crippen molar-refractivity contribution in [1.82, 2.24) is 19.4 Å². The Morgan fingerprint density at radius 2 is 2.23 bits per heavy atom. The van der Waals surface area contributed by atoms with Crippen LogP contribution in [0.3, 0.4) is 0 Å². The van der Waals surface area contributed by atoms with Gasteiger partial charge in [-0.2, -0.15) is 0 Å². The molecule has 3 aliphatic rings. The zero-order chi connectivity index (χ0) is 20.7. The molecule has 1 amide bonds. The number of carbonyl (C=O) groups excluding carboxylic acids is 1. The fraction of sp³-hybridized carbons (Fsp3) is 0.524. The molecule has 2 atom stereocenters. The van der Waals surface area contributed by atoms with Gasteiger partial charge in [-0.05, 0) is 32.1 Å². The van der Waals surface area contributed by atoms with E-state index in [2.05, 4.69) is 4.98 Å². The van der Waals surface area contributed by atoms with Crippen molar-refractivity contribution in [3.63, 3.8) is 0 Å². The van der Waals surface area contributed by atoms with Crippen LogP contribution in [0.4, 0.5) is 0 Å². The highest BCUT2D eigenvalue weighted by Gasteiger charge is 2.33. The number of fused-ring (bicyclic) bond motifs is 2. The van der Waals surface area contributed by atoms with Crippen molar-refractivity contribution in [1.29, 1.82) is 0 Å². The number of carbonyl (C=O) groups is 1. The maximum atomic E-state index is 13.1. The van der Waals surface area contributed by atoms with Gasteiger partial charge in [-0.15, -0.1) is 0 Å². The van der Waals surface area contributed by atoms with Gasteiger partial charge in [0.05, 0.1) is 18.3 Å². The molecule has 0 radical (unpaired) electrons. The smallest absolute Gasteiger partial charge is 0.257 e. The summed E-state index contributed by atoms with van der Waals surface area (Å²) in [5, 5.41) is 1.24. The lowest BCUT2D eigenvalue weighted by Gasteiger charge is -2.33. The topological polar surface area (TPSA) is 77.3 Å². The van der Waals surface area contributed by atoms with Crippen LogP contribution in [-0.4, -0.2) is 50.3 Å². The lowest BCUT2D eigenvalue weighted by atomic mass is 10.1. The standard InChI is InChI=1S/C21H23ClN4O3S/c22-16-10-23-7-6-18(16)29-14-3-2-8-25(11-14)19(27)9-13-12-30-21-24-17-5-1-4-15(17)20(28)26(13)21/h6-7,10,13-14H,1-5,8-9,11-12H2. The van der Waals surface area contributed by atoms with Crippen molar-refractivity contribution in [3.8, 4) is 5.75 Å². The predicted molar refractivity (Wildman–Crippen MR) is 114 cm³/mol. The Morgan fingerprint density at radius 3 is 3.10 bits per heavy atom. The van der Waals surface area contributed by atoms with Crippen LogP contribution in [-0.2, 0) is 17.6 Å². The third-order valence-corrected chi connectivity index (χ3v) is 7.42. The van der Waals surface area contributed by atoms with E-state index >= 15 is 0 Å². The average Bonchev–Trinajstić information content (AvgIpc) is 3.38. The molecule has 1 aliphatic carbocycles. The highest BCUT2D eigenvalue weighted by molar-refractivity contribution is 7.99. The molecule has 2 unspecified atom stereocenters. The van der Waals surface area contributed by atoms with E-state index in [1.807, 2.05) is 4.90 Å². The largest absolute Gasteiger partial charge is 0.487 e. The highest BCUT2D eigenvalue weighted by Crippen LogP contribution is 2.34. The number of thioether (sulfide) groups is 1. The van der Waals surface area contributed by atoms with Crippen molar-refractivity contribution in [2.45, 2.75) is 55.8 Å². The zero-order valence-corrected chi connectivity index (χ0v) is 18.1. The van der Waals surface area contributed by atoms with E-state index in [-0.39, 0.29) is 23.6 Å². The molecule has 2 aromatic rings. The van der Waals surface area contributed by atoms with Gasteiger partial charge in [-0.1, -0.05) is 23.4 Å². The van der Waals surface area contributed by atoms with Crippen LogP contribution in [0, 0.1) is 0 Å². The normalized spacial score (nSPS) is 22.6. The van der Waals surface area contributed by atoms with Crippen molar-refractivity contribution < 1.29 is 9.53 Å². The molecule has 4 heterocycles. The maximum absolute atomic E-state index is 13.1.